The molecule has 18 heavy (non-hydrogen) atoms. The van der Waals surface area contributed by atoms with E-state index in [4.69, 9.17) is 21.1 Å². The standard InChI is InChI=1S/C14H22ClNO2/c1-5-11(6-2)16-9-10-7-8-12(17-3)14(18-4)13(10)15/h7-8,11,16H,5-6,9H2,1-4H3. The van der Waals surface area contributed by atoms with Crippen LogP contribution >= 0.6 is 11.6 Å². The fourth-order valence-electron chi connectivity index (χ4n) is 1.90. The van der Waals surface area contributed by atoms with Gasteiger partial charge >= 0.3 is 0 Å². The van der Waals surface area contributed by atoms with Gasteiger partial charge in [-0.15, -0.1) is 0 Å². The first kappa shape index (κ1) is 15.1. The molecule has 0 amide bonds. The zero-order chi connectivity index (χ0) is 13.5. The maximum absolute atomic E-state index is 6.32. The van der Waals surface area contributed by atoms with Gasteiger partial charge in [0.05, 0.1) is 19.2 Å². The van der Waals surface area contributed by atoms with E-state index in [0.717, 1.165) is 24.9 Å². The van der Waals surface area contributed by atoms with E-state index < -0.39 is 0 Å². The van der Waals surface area contributed by atoms with Crippen LogP contribution < -0.4 is 14.8 Å². The summed E-state index contributed by atoms with van der Waals surface area (Å²) in [5.74, 6) is 1.26. The number of halogens is 1. The highest BCUT2D eigenvalue weighted by Gasteiger charge is 2.13. The van der Waals surface area contributed by atoms with Crippen LogP contribution in [-0.4, -0.2) is 20.3 Å². The van der Waals surface area contributed by atoms with Crippen molar-refractivity contribution in [1.82, 2.24) is 5.32 Å². The Hall–Kier alpha value is -0.930. The monoisotopic (exact) mass is 271 g/mol. The van der Waals surface area contributed by atoms with Crippen molar-refractivity contribution in [2.75, 3.05) is 14.2 Å². The maximum atomic E-state index is 6.32. The Bertz CT molecular complexity index is 378. The number of benzene rings is 1. The molecule has 0 bridgehead atoms. The van der Waals surface area contributed by atoms with Gasteiger partial charge in [0.1, 0.15) is 0 Å². The largest absolute Gasteiger partial charge is 0.493 e. The van der Waals surface area contributed by atoms with Crippen molar-refractivity contribution >= 4 is 11.6 Å². The summed E-state index contributed by atoms with van der Waals surface area (Å²) in [7, 11) is 3.21. The van der Waals surface area contributed by atoms with Gasteiger partial charge in [0.25, 0.3) is 0 Å². The number of hydrogen-bond donors (Lipinski definition) is 1. The fraction of sp³-hybridized carbons (Fsp3) is 0.571. The van der Waals surface area contributed by atoms with Gasteiger partial charge in [-0.2, -0.15) is 0 Å². The Morgan fingerprint density at radius 1 is 1.17 bits per heavy atom. The normalized spacial score (nSPS) is 10.8. The highest BCUT2D eigenvalue weighted by atomic mass is 35.5. The van der Waals surface area contributed by atoms with Crippen molar-refractivity contribution in [3.8, 4) is 11.5 Å². The van der Waals surface area contributed by atoms with Crippen molar-refractivity contribution in [2.45, 2.75) is 39.3 Å². The van der Waals surface area contributed by atoms with Gasteiger partial charge in [0.15, 0.2) is 11.5 Å². The van der Waals surface area contributed by atoms with E-state index in [-0.39, 0.29) is 0 Å². The van der Waals surface area contributed by atoms with Gasteiger partial charge in [-0.3, -0.25) is 0 Å². The first-order chi connectivity index (χ1) is 8.67. The molecular weight excluding hydrogens is 250 g/mol. The second-order valence-corrected chi connectivity index (χ2v) is 4.55. The molecular formula is C14H22ClNO2. The Balaban J connectivity index is 2.84. The average molecular weight is 272 g/mol. The molecule has 3 nitrogen and oxygen atoms in total. The van der Waals surface area contributed by atoms with E-state index in [2.05, 4.69) is 19.2 Å². The van der Waals surface area contributed by atoms with E-state index in [1.807, 2.05) is 12.1 Å². The number of rotatable bonds is 7. The van der Waals surface area contributed by atoms with Crippen LogP contribution in [0.25, 0.3) is 0 Å². The molecule has 0 spiro atoms. The van der Waals surface area contributed by atoms with Gasteiger partial charge < -0.3 is 14.8 Å². The van der Waals surface area contributed by atoms with E-state index in [9.17, 15) is 0 Å². The predicted octanol–water partition coefficient (Wildman–Crippen LogP) is 3.64. The molecule has 0 aliphatic rings. The van der Waals surface area contributed by atoms with Crippen LogP contribution in [0.1, 0.15) is 32.3 Å². The minimum atomic E-state index is 0.522. The lowest BCUT2D eigenvalue weighted by Gasteiger charge is -2.17. The van der Waals surface area contributed by atoms with E-state index in [1.54, 1.807) is 14.2 Å². The zero-order valence-corrected chi connectivity index (χ0v) is 12.3. The summed E-state index contributed by atoms with van der Waals surface area (Å²) in [5, 5.41) is 4.10. The van der Waals surface area contributed by atoms with Crippen molar-refractivity contribution in [3.63, 3.8) is 0 Å². The van der Waals surface area contributed by atoms with Crippen molar-refractivity contribution in [1.29, 1.82) is 0 Å². The minimum Gasteiger partial charge on any atom is -0.493 e. The van der Waals surface area contributed by atoms with Crippen LogP contribution in [0.3, 0.4) is 0 Å². The first-order valence-corrected chi connectivity index (χ1v) is 6.68. The van der Waals surface area contributed by atoms with Crippen LogP contribution in [-0.2, 0) is 6.54 Å². The van der Waals surface area contributed by atoms with Gasteiger partial charge in [0.2, 0.25) is 0 Å². The molecule has 0 fully saturated rings. The first-order valence-electron chi connectivity index (χ1n) is 6.30. The summed E-state index contributed by atoms with van der Waals surface area (Å²) in [6.45, 7) is 5.10. The molecule has 1 aromatic carbocycles. The SMILES string of the molecule is CCC(CC)NCc1ccc(OC)c(OC)c1Cl. The van der Waals surface area contributed by atoms with Crippen LogP contribution in [0.5, 0.6) is 11.5 Å². The molecule has 0 saturated heterocycles. The summed E-state index contributed by atoms with van der Waals surface area (Å²) in [4.78, 5) is 0. The zero-order valence-electron chi connectivity index (χ0n) is 11.5. The van der Waals surface area contributed by atoms with Gasteiger partial charge in [-0.25, -0.2) is 0 Å². The van der Waals surface area contributed by atoms with Crippen molar-refractivity contribution < 1.29 is 9.47 Å². The lowest BCUT2D eigenvalue weighted by Crippen LogP contribution is -2.27. The molecule has 0 atom stereocenters. The topological polar surface area (TPSA) is 30.5 Å². The molecule has 1 N–H and O–H groups in total. The third kappa shape index (κ3) is 3.53. The number of ether oxygens (including phenoxy) is 2. The van der Waals surface area contributed by atoms with Gasteiger partial charge in [-0.05, 0) is 24.5 Å². The molecule has 0 radical (unpaired) electrons. The lowest BCUT2D eigenvalue weighted by molar-refractivity contribution is 0.354. The second kappa shape index (κ2) is 7.49. The quantitative estimate of drug-likeness (QED) is 0.821. The van der Waals surface area contributed by atoms with Crippen LogP contribution in [0.2, 0.25) is 5.02 Å². The smallest absolute Gasteiger partial charge is 0.179 e. The summed E-state index contributed by atoms with van der Waals surface area (Å²) in [6, 6.07) is 4.38. The summed E-state index contributed by atoms with van der Waals surface area (Å²) in [6.07, 6.45) is 2.23. The molecule has 0 unspecified atom stereocenters. The molecule has 102 valence electrons. The van der Waals surface area contributed by atoms with Crippen LogP contribution in [0.15, 0.2) is 12.1 Å². The van der Waals surface area contributed by atoms with Gasteiger partial charge in [0, 0.05) is 12.6 Å². The molecule has 0 heterocycles. The highest BCUT2D eigenvalue weighted by Crippen LogP contribution is 2.37. The van der Waals surface area contributed by atoms with E-state index in [1.165, 1.54) is 0 Å². The molecule has 1 rings (SSSR count). The van der Waals surface area contributed by atoms with E-state index in [0.29, 0.717) is 22.6 Å². The predicted molar refractivity (Wildman–Crippen MR) is 75.8 cm³/mol. The fourth-order valence-corrected chi connectivity index (χ4v) is 2.20. The summed E-state index contributed by atoms with van der Waals surface area (Å²) >= 11 is 6.32. The third-order valence-electron chi connectivity index (χ3n) is 3.13. The van der Waals surface area contributed by atoms with Crippen LogP contribution in [0, 0.1) is 0 Å². The number of hydrogen-bond acceptors (Lipinski definition) is 3. The Morgan fingerprint density at radius 2 is 1.83 bits per heavy atom. The average Bonchev–Trinajstić information content (AvgIpc) is 2.40. The van der Waals surface area contributed by atoms with E-state index >= 15 is 0 Å². The van der Waals surface area contributed by atoms with Crippen molar-refractivity contribution in [3.05, 3.63) is 22.7 Å². The molecule has 4 heteroatoms. The molecule has 0 aliphatic carbocycles. The molecule has 1 aromatic rings. The molecule has 0 aromatic heterocycles. The Kier molecular flexibility index (Phi) is 6.30. The van der Waals surface area contributed by atoms with Crippen LogP contribution in [0.4, 0.5) is 0 Å². The number of nitrogens with one attached hydrogen (secondary N) is 1. The number of methoxy groups -OCH3 is 2. The second-order valence-electron chi connectivity index (χ2n) is 4.17. The molecule has 0 aliphatic heterocycles. The lowest BCUT2D eigenvalue weighted by atomic mass is 10.1. The summed E-state index contributed by atoms with van der Waals surface area (Å²) < 4.78 is 10.5. The van der Waals surface area contributed by atoms with Crippen molar-refractivity contribution in [2.24, 2.45) is 0 Å². The minimum absolute atomic E-state index is 0.522. The molecule has 0 saturated carbocycles. The Labute approximate surface area is 114 Å². The highest BCUT2D eigenvalue weighted by molar-refractivity contribution is 6.33. The third-order valence-corrected chi connectivity index (χ3v) is 3.55. The Morgan fingerprint density at radius 3 is 2.33 bits per heavy atom. The summed E-state index contributed by atoms with van der Waals surface area (Å²) in [5.41, 5.74) is 1.03. The maximum Gasteiger partial charge on any atom is 0.179 e. The van der Waals surface area contributed by atoms with Gasteiger partial charge in [-0.1, -0.05) is 31.5 Å².